The number of methoxy groups -OCH3 is 2. The standard InChI is InChI=1S/C15H22N2O3/c1-11-10-16-6-7-17(11)15(18)9-12-8-13(19-2)4-5-14(12)20-3/h4-5,8,11,16H,6-7,9-10H2,1-3H3/t11-/m1/s1. The lowest BCUT2D eigenvalue weighted by atomic mass is 10.1. The van der Waals surface area contributed by atoms with Crippen LogP contribution in [-0.4, -0.2) is 50.7 Å². The molecule has 0 radical (unpaired) electrons. The van der Waals surface area contributed by atoms with Crippen LogP contribution in [0.5, 0.6) is 11.5 Å². The Hall–Kier alpha value is -1.75. The fraction of sp³-hybridized carbons (Fsp3) is 0.533. The van der Waals surface area contributed by atoms with Crippen LogP contribution in [0.2, 0.25) is 0 Å². The van der Waals surface area contributed by atoms with E-state index in [0.29, 0.717) is 6.42 Å². The number of rotatable bonds is 4. The van der Waals surface area contributed by atoms with Crippen LogP contribution >= 0.6 is 0 Å². The van der Waals surface area contributed by atoms with E-state index in [4.69, 9.17) is 9.47 Å². The van der Waals surface area contributed by atoms with Crippen molar-refractivity contribution >= 4 is 5.91 Å². The van der Waals surface area contributed by atoms with Crippen LogP contribution in [0, 0.1) is 0 Å². The summed E-state index contributed by atoms with van der Waals surface area (Å²) in [5.41, 5.74) is 0.864. The number of hydrogen-bond donors (Lipinski definition) is 1. The molecule has 110 valence electrons. The molecule has 1 aliphatic heterocycles. The van der Waals surface area contributed by atoms with Crippen LogP contribution in [0.1, 0.15) is 12.5 Å². The molecule has 0 aromatic heterocycles. The first-order valence-electron chi connectivity index (χ1n) is 6.86. The summed E-state index contributed by atoms with van der Waals surface area (Å²) in [6.07, 6.45) is 0.338. The largest absolute Gasteiger partial charge is 0.497 e. The second-order valence-electron chi connectivity index (χ2n) is 4.99. The van der Waals surface area contributed by atoms with Gasteiger partial charge in [0.25, 0.3) is 0 Å². The zero-order valence-electron chi connectivity index (χ0n) is 12.3. The summed E-state index contributed by atoms with van der Waals surface area (Å²) in [5.74, 6) is 1.59. The molecule has 1 aliphatic rings. The number of nitrogens with zero attached hydrogens (tertiary/aromatic N) is 1. The molecule has 0 aliphatic carbocycles. The number of amides is 1. The van der Waals surface area contributed by atoms with E-state index in [9.17, 15) is 4.79 Å². The van der Waals surface area contributed by atoms with Gasteiger partial charge in [0.15, 0.2) is 0 Å². The lowest BCUT2D eigenvalue weighted by Crippen LogP contribution is -2.52. The molecule has 5 nitrogen and oxygen atoms in total. The van der Waals surface area contributed by atoms with Gasteiger partial charge in [-0.25, -0.2) is 0 Å². The average molecular weight is 278 g/mol. The van der Waals surface area contributed by atoms with E-state index in [-0.39, 0.29) is 11.9 Å². The first-order valence-corrected chi connectivity index (χ1v) is 6.86. The zero-order chi connectivity index (χ0) is 14.5. The number of benzene rings is 1. The van der Waals surface area contributed by atoms with Gasteiger partial charge in [-0.3, -0.25) is 4.79 Å². The number of carbonyl (C=O) groups excluding carboxylic acids is 1. The maximum absolute atomic E-state index is 12.4. The Morgan fingerprint density at radius 2 is 2.20 bits per heavy atom. The SMILES string of the molecule is COc1ccc(OC)c(CC(=O)N2CCNC[C@H]2C)c1. The minimum atomic E-state index is 0.130. The van der Waals surface area contributed by atoms with Gasteiger partial charge in [0.05, 0.1) is 20.6 Å². The second-order valence-corrected chi connectivity index (χ2v) is 4.99. The third-order valence-electron chi connectivity index (χ3n) is 3.65. The zero-order valence-corrected chi connectivity index (χ0v) is 12.3. The van der Waals surface area contributed by atoms with Gasteiger partial charge in [-0.05, 0) is 25.1 Å². The summed E-state index contributed by atoms with van der Waals surface area (Å²) in [5, 5.41) is 3.29. The van der Waals surface area contributed by atoms with Gasteiger partial charge in [-0.2, -0.15) is 0 Å². The fourth-order valence-electron chi connectivity index (χ4n) is 2.50. The van der Waals surface area contributed by atoms with Crippen molar-refractivity contribution in [2.24, 2.45) is 0 Å². The number of hydrogen-bond acceptors (Lipinski definition) is 4. The van der Waals surface area contributed by atoms with Crippen molar-refractivity contribution in [2.75, 3.05) is 33.9 Å². The minimum Gasteiger partial charge on any atom is -0.497 e. The van der Waals surface area contributed by atoms with E-state index >= 15 is 0 Å². The topological polar surface area (TPSA) is 50.8 Å². The Kier molecular flexibility index (Phi) is 4.84. The van der Waals surface area contributed by atoms with Crippen molar-refractivity contribution in [3.05, 3.63) is 23.8 Å². The molecule has 1 amide bonds. The third-order valence-corrected chi connectivity index (χ3v) is 3.65. The Morgan fingerprint density at radius 1 is 1.40 bits per heavy atom. The molecule has 1 atom stereocenters. The molecule has 0 saturated carbocycles. The summed E-state index contributed by atoms with van der Waals surface area (Å²) in [6, 6.07) is 5.76. The maximum atomic E-state index is 12.4. The Balaban J connectivity index is 2.13. The Bertz CT molecular complexity index is 476. The highest BCUT2D eigenvalue weighted by molar-refractivity contribution is 5.80. The summed E-state index contributed by atoms with van der Waals surface area (Å²) < 4.78 is 10.5. The smallest absolute Gasteiger partial charge is 0.227 e. The van der Waals surface area contributed by atoms with Crippen LogP contribution < -0.4 is 14.8 Å². The number of ether oxygens (including phenoxy) is 2. The Labute approximate surface area is 119 Å². The lowest BCUT2D eigenvalue weighted by Gasteiger charge is -2.34. The van der Waals surface area contributed by atoms with Crippen LogP contribution in [0.3, 0.4) is 0 Å². The van der Waals surface area contributed by atoms with Gasteiger partial charge in [-0.1, -0.05) is 0 Å². The number of carbonyl (C=O) groups is 1. The van der Waals surface area contributed by atoms with Gasteiger partial charge in [-0.15, -0.1) is 0 Å². The monoisotopic (exact) mass is 278 g/mol. The molecule has 1 aromatic rings. The number of piperazine rings is 1. The number of nitrogens with one attached hydrogen (secondary N) is 1. The summed E-state index contributed by atoms with van der Waals surface area (Å²) >= 11 is 0. The van der Waals surface area contributed by atoms with Crippen molar-refractivity contribution in [3.8, 4) is 11.5 Å². The molecule has 1 N–H and O–H groups in total. The minimum absolute atomic E-state index is 0.130. The second kappa shape index (κ2) is 6.61. The average Bonchev–Trinajstić information content (AvgIpc) is 2.47. The Morgan fingerprint density at radius 3 is 2.85 bits per heavy atom. The van der Waals surface area contributed by atoms with Gasteiger partial charge >= 0.3 is 0 Å². The molecule has 0 unspecified atom stereocenters. The van der Waals surface area contributed by atoms with Crippen molar-refractivity contribution in [3.63, 3.8) is 0 Å². The van der Waals surface area contributed by atoms with Crippen molar-refractivity contribution in [2.45, 2.75) is 19.4 Å². The summed E-state index contributed by atoms with van der Waals surface area (Å²) in [7, 11) is 3.23. The molecule has 20 heavy (non-hydrogen) atoms. The van der Waals surface area contributed by atoms with Crippen LogP contribution in [0.4, 0.5) is 0 Å². The quantitative estimate of drug-likeness (QED) is 0.895. The van der Waals surface area contributed by atoms with E-state index < -0.39 is 0 Å². The van der Waals surface area contributed by atoms with Crippen LogP contribution in [0.15, 0.2) is 18.2 Å². The van der Waals surface area contributed by atoms with E-state index in [0.717, 1.165) is 36.7 Å². The third kappa shape index (κ3) is 3.22. The van der Waals surface area contributed by atoms with E-state index in [1.807, 2.05) is 23.1 Å². The predicted molar refractivity (Wildman–Crippen MR) is 77.3 cm³/mol. The summed E-state index contributed by atoms with van der Waals surface area (Å²) in [4.78, 5) is 14.4. The molecule has 1 fully saturated rings. The first-order chi connectivity index (χ1) is 9.65. The highest BCUT2D eigenvalue weighted by Gasteiger charge is 2.23. The predicted octanol–water partition coefficient (Wildman–Crippen LogP) is 1.07. The highest BCUT2D eigenvalue weighted by Crippen LogP contribution is 2.25. The van der Waals surface area contributed by atoms with E-state index in [2.05, 4.69) is 12.2 Å². The summed E-state index contributed by atoms with van der Waals surface area (Å²) in [6.45, 7) is 4.52. The van der Waals surface area contributed by atoms with Gasteiger partial charge in [0.2, 0.25) is 5.91 Å². The normalized spacial score (nSPS) is 18.8. The lowest BCUT2D eigenvalue weighted by molar-refractivity contribution is -0.133. The van der Waals surface area contributed by atoms with Crippen molar-refractivity contribution < 1.29 is 14.3 Å². The molecular weight excluding hydrogens is 256 g/mol. The fourth-order valence-corrected chi connectivity index (χ4v) is 2.50. The maximum Gasteiger partial charge on any atom is 0.227 e. The molecule has 5 heteroatoms. The first kappa shape index (κ1) is 14.7. The molecule has 1 heterocycles. The van der Waals surface area contributed by atoms with E-state index in [1.165, 1.54) is 0 Å². The van der Waals surface area contributed by atoms with E-state index in [1.54, 1.807) is 14.2 Å². The molecule has 0 bridgehead atoms. The molecule has 0 spiro atoms. The molecule has 1 aromatic carbocycles. The molecular formula is C15H22N2O3. The van der Waals surface area contributed by atoms with Crippen LogP contribution in [0.25, 0.3) is 0 Å². The van der Waals surface area contributed by atoms with Gasteiger partial charge in [0, 0.05) is 31.2 Å². The highest BCUT2D eigenvalue weighted by atomic mass is 16.5. The van der Waals surface area contributed by atoms with Gasteiger partial charge < -0.3 is 19.7 Å². The molecule has 2 rings (SSSR count). The molecule has 1 saturated heterocycles. The van der Waals surface area contributed by atoms with Gasteiger partial charge in [0.1, 0.15) is 11.5 Å². The van der Waals surface area contributed by atoms with Crippen molar-refractivity contribution in [1.29, 1.82) is 0 Å². The van der Waals surface area contributed by atoms with Crippen LogP contribution in [-0.2, 0) is 11.2 Å². The van der Waals surface area contributed by atoms with Crippen molar-refractivity contribution in [1.82, 2.24) is 10.2 Å².